The molecule has 3 nitrogen and oxygen atoms in total. The molecule has 0 aromatic heterocycles. The number of carbonyl (C=O) groups excluding carboxylic acids is 1. The van der Waals surface area contributed by atoms with E-state index < -0.39 is 0 Å². The van der Waals surface area contributed by atoms with Crippen molar-refractivity contribution in [2.24, 2.45) is 0 Å². The lowest BCUT2D eigenvalue weighted by atomic mass is 10.1. The SMILES string of the molecule is CCCCN(C(=O)C=Cc1ccccc1)C1=C[C@H]2CC[C@@H](C1)[NH+]2C. The highest BCUT2D eigenvalue weighted by Gasteiger charge is 2.39. The second-order valence-electron chi connectivity index (χ2n) is 7.07. The van der Waals surface area contributed by atoms with Crippen molar-refractivity contribution in [1.82, 2.24) is 4.90 Å². The molecule has 0 aliphatic carbocycles. The summed E-state index contributed by atoms with van der Waals surface area (Å²) in [4.78, 5) is 16.5. The van der Waals surface area contributed by atoms with Gasteiger partial charge in [-0.25, -0.2) is 0 Å². The van der Waals surface area contributed by atoms with Gasteiger partial charge in [-0.15, -0.1) is 0 Å². The number of carbonyl (C=O) groups is 1. The number of hydrogen-bond acceptors (Lipinski definition) is 1. The highest BCUT2D eigenvalue weighted by molar-refractivity contribution is 5.93. The van der Waals surface area contributed by atoms with E-state index in [9.17, 15) is 4.79 Å². The standard InChI is InChI=1S/C21H28N2O/c1-3-4-14-23(20-15-18-11-12-19(16-20)22(18)2)21(24)13-10-17-8-6-5-7-9-17/h5-10,13,15,18-19H,3-4,11-12,14,16H2,1-2H3/p+1/t18-,19+/m1/s1. The van der Waals surface area contributed by atoms with Gasteiger partial charge in [0.15, 0.2) is 0 Å². The van der Waals surface area contributed by atoms with E-state index in [4.69, 9.17) is 0 Å². The van der Waals surface area contributed by atoms with E-state index in [1.54, 1.807) is 11.0 Å². The summed E-state index contributed by atoms with van der Waals surface area (Å²) in [6.07, 6.45) is 11.8. The lowest BCUT2D eigenvalue weighted by Gasteiger charge is -2.32. The smallest absolute Gasteiger partial charge is 0.250 e. The summed E-state index contributed by atoms with van der Waals surface area (Å²) in [7, 11) is 2.29. The Balaban J connectivity index is 1.75. The molecule has 1 amide bonds. The second kappa shape index (κ2) is 7.80. The van der Waals surface area contributed by atoms with Crippen LogP contribution in [0, 0.1) is 0 Å². The Labute approximate surface area is 145 Å². The maximum absolute atomic E-state index is 12.8. The summed E-state index contributed by atoms with van der Waals surface area (Å²) in [5, 5.41) is 0. The fourth-order valence-corrected chi connectivity index (χ4v) is 3.90. The molecule has 2 bridgehead atoms. The number of amides is 1. The molecule has 2 heterocycles. The zero-order chi connectivity index (χ0) is 16.9. The molecular formula is C21H29N2O+. The van der Waals surface area contributed by atoms with Gasteiger partial charge in [0.25, 0.3) is 5.91 Å². The van der Waals surface area contributed by atoms with Gasteiger partial charge < -0.3 is 9.80 Å². The van der Waals surface area contributed by atoms with Gasteiger partial charge in [0, 0.05) is 37.6 Å². The third-order valence-corrected chi connectivity index (χ3v) is 5.47. The summed E-state index contributed by atoms with van der Waals surface area (Å²) < 4.78 is 0. The normalized spacial score (nSPS) is 25.8. The van der Waals surface area contributed by atoms with Crippen LogP contribution in [0.25, 0.3) is 6.08 Å². The Morgan fingerprint density at radius 1 is 1.29 bits per heavy atom. The quantitative estimate of drug-likeness (QED) is 0.799. The van der Waals surface area contributed by atoms with Crippen LogP contribution < -0.4 is 4.90 Å². The van der Waals surface area contributed by atoms with E-state index in [1.807, 2.05) is 41.3 Å². The van der Waals surface area contributed by atoms with Crippen molar-refractivity contribution in [3.8, 4) is 0 Å². The molecule has 24 heavy (non-hydrogen) atoms. The number of benzene rings is 1. The molecule has 1 saturated heterocycles. The van der Waals surface area contributed by atoms with Gasteiger partial charge in [-0.3, -0.25) is 4.79 Å². The number of fused-ring (bicyclic) bond motifs is 2. The zero-order valence-electron chi connectivity index (χ0n) is 14.9. The van der Waals surface area contributed by atoms with Crippen LogP contribution in [0.5, 0.6) is 0 Å². The largest absolute Gasteiger partial charge is 0.329 e. The molecule has 1 unspecified atom stereocenters. The number of quaternary nitrogens is 1. The molecule has 0 radical (unpaired) electrons. The first-order chi connectivity index (χ1) is 11.7. The van der Waals surface area contributed by atoms with Gasteiger partial charge in [0.05, 0.1) is 13.1 Å². The van der Waals surface area contributed by atoms with Crippen LogP contribution in [0.2, 0.25) is 0 Å². The molecule has 3 rings (SSSR count). The molecule has 1 aromatic carbocycles. The molecule has 0 saturated carbocycles. The Kier molecular flexibility index (Phi) is 5.52. The highest BCUT2D eigenvalue weighted by atomic mass is 16.2. The minimum Gasteiger partial charge on any atom is -0.329 e. The Morgan fingerprint density at radius 3 is 2.79 bits per heavy atom. The number of likely N-dealkylation sites (N-methyl/N-ethyl adjacent to an activating group) is 1. The Morgan fingerprint density at radius 2 is 2.08 bits per heavy atom. The van der Waals surface area contributed by atoms with Crippen molar-refractivity contribution < 1.29 is 9.69 Å². The summed E-state index contributed by atoms with van der Waals surface area (Å²) in [5.74, 6) is 0.123. The lowest BCUT2D eigenvalue weighted by molar-refractivity contribution is -0.912. The minimum atomic E-state index is 0.123. The van der Waals surface area contributed by atoms with Gasteiger partial charge in [-0.2, -0.15) is 0 Å². The molecule has 3 atom stereocenters. The third kappa shape index (κ3) is 3.78. The number of nitrogens with one attached hydrogen (secondary N) is 1. The van der Waals surface area contributed by atoms with Crippen molar-refractivity contribution in [1.29, 1.82) is 0 Å². The zero-order valence-corrected chi connectivity index (χ0v) is 14.9. The first kappa shape index (κ1) is 17.0. The van der Waals surface area contributed by atoms with Crippen molar-refractivity contribution in [3.05, 3.63) is 53.7 Å². The maximum atomic E-state index is 12.8. The van der Waals surface area contributed by atoms with E-state index in [-0.39, 0.29) is 5.91 Å². The van der Waals surface area contributed by atoms with Crippen molar-refractivity contribution in [3.63, 3.8) is 0 Å². The van der Waals surface area contributed by atoms with E-state index in [2.05, 4.69) is 20.0 Å². The average Bonchev–Trinajstić information content (AvgIpc) is 2.82. The van der Waals surface area contributed by atoms with E-state index >= 15 is 0 Å². The molecular weight excluding hydrogens is 296 g/mol. The van der Waals surface area contributed by atoms with Crippen LogP contribution in [0.3, 0.4) is 0 Å². The fraction of sp³-hybridized carbons (Fsp3) is 0.476. The number of rotatable bonds is 6. The molecule has 1 fully saturated rings. The van der Waals surface area contributed by atoms with Crippen LogP contribution in [-0.4, -0.2) is 36.5 Å². The molecule has 1 aromatic rings. The third-order valence-electron chi connectivity index (χ3n) is 5.47. The molecule has 2 aliphatic heterocycles. The first-order valence-electron chi connectivity index (χ1n) is 9.27. The van der Waals surface area contributed by atoms with E-state index in [0.29, 0.717) is 12.1 Å². The van der Waals surface area contributed by atoms with Crippen LogP contribution >= 0.6 is 0 Å². The predicted molar refractivity (Wildman–Crippen MR) is 98.5 cm³/mol. The van der Waals surface area contributed by atoms with E-state index in [1.165, 1.54) is 18.5 Å². The molecule has 0 spiro atoms. The molecule has 3 heteroatoms. The van der Waals surface area contributed by atoms with Gasteiger partial charge in [0.2, 0.25) is 0 Å². The van der Waals surface area contributed by atoms with Gasteiger partial charge in [0.1, 0.15) is 6.04 Å². The Bertz CT molecular complexity index is 620. The number of nitrogens with zero attached hydrogens (tertiary/aromatic N) is 1. The van der Waals surface area contributed by atoms with Gasteiger partial charge >= 0.3 is 0 Å². The second-order valence-corrected chi connectivity index (χ2v) is 7.07. The van der Waals surface area contributed by atoms with Crippen LogP contribution in [-0.2, 0) is 4.79 Å². The molecule has 1 N–H and O–H groups in total. The van der Waals surface area contributed by atoms with Crippen molar-refractivity contribution >= 4 is 12.0 Å². The average molecular weight is 325 g/mol. The number of unbranched alkanes of at least 4 members (excludes halogenated alkanes) is 1. The fourth-order valence-electron chi connectivity index (χ4n) is 3.90. The van der Waals surface area contributed by atoms with Gasteiger partial charge in [-0.05, 0) is 24.1 Å². The maximum Gasteiger partial charge on any atom is 0.250 e. The van der Waals surface area contributed by atoms with Crippen LogP contribution in [0.4, 0.5) is 0 Å². The summed E-state index contributed by atoms with van der Waals surface area (Å²) in [6, 6.07) is 11.3. The minimum absolute atomic E-state index is 0.123. The van der Waals surface area contributed by atoms with Crippen LogP contribution in [0.1, 0.15) is 44.6 Å². The van der Waals surface area contributed by atoms with Gasteiger partial charge in [-0.1, -0.05) is 43.7 Å². The van der Waals surface area contributed by atoms with Crippen LogP contribution in [0.15, 0.2) is 48.2 Å². The van der Waals surface area contributed by atoms with Crippen molar-refractivity contribution in [2.45, 2.75) is 51.1 Å². The topological polar surface area (TPSA) is 24.8 Å². The summed E-state index contributed by atoms with van der Waals surface area (Å²) in [5.41, 5.74) is 2.33. The molecule has 128 valence electrons. The molecule has 2 aliphatic rings. The monoisotopic (exact) mass is 325 g/mol. The highest BCUT2D eigenvalue weighted by Crippen LogP contribution is 2.25. The van der Waals surface area contributed by atoms with E-state index in [0.717, 1.165) is 31.4 Å². The Hall–Kier alpha value is -1.87. The summed E-state index contributed by atoms with van der Waals surface area (Å²) in [6.45, 7) is 3.01. The van der Waals surface area contributed by atoms with Crippen molar-refractivity contribution in [2.75, 3.05) is 13.6 Å². The first-order valence-corrected chi connectivity index (χ1v) is 9.27. The predicted octanol–water partition coefficient (Wildman–Crippen LogP) is 2.66. The number of hydrogen-bond donors (Lipinski definition) is 1. The lowest BCUT2D eigenvalue weighted by Crippen LogP contribution is -3.14. The summed E-state index contributed by atoms with van der Waals surface area (Å²) >= 11 is 0.